The molecule has 5 heteroatoms. The Kier molecular flexibility index (Phi) is 5.10. The number of aromatic nitrogens is 2. The van der Waals surface area contributed by atoms with E-state index in [1.807, 2.05) is 6.07 Å². The van der Waals surface area contributed by atoms with E-state index < -0.39 is 0 Å². The molecule has 0 spiro atoms. The van der Waals surface area contributed by atoms with Crippen LogP contribution < -0.4 is 4.90 Å². The number of amides is 1. The molecule has 0 saturated carbocycles. The van der Waals surface area contributed by atoms with Gasteiger partial charge in [0, 0.05) is 32.0 Å². The first kappa shape index (κ1) is 18.0. The summed E-state index contributed by atoms with van der Waals surface area (Å²) in [5.41, 5.74) is 3.89. The summed E-state index contributed by atoms with van der Waals surface area (Å²) in [6, 6.07) is 8.69. The van der Waals surface area contributed by atoms with Gasteiger partial charge in [-0.1, -0.05) is 18.2 Å². The molecule has 0 aliphatic carbocycles. The van der Waals surface area contributed by atoms with Gasteiger partial charge < -0.3 is 9.80 Å². The first-order chi connectivity index (χ1) is 13.1. The highest BCUT2D eigenvalue weighted by Gasteiger charge is 2.36. The van der Waals surface area contributed by atoms with E-state index in [9.17, 15) is 4.79 Å². The van der Waals surface area contributed by atoms with E-state index in [-0.39, 0.29) is 12.0 Å². The van der Waals surface area contributed by atoms with Crippen molar-refractivity contribution in [3.05, 3.63) is 53.3 Å². The molecule has 2 fully saturated rings. The predicted molar refractivity (Wildman–Crippen MR) is 107 cm³/mol. The second-order valence-electron chi connectivity index (χ2n) is 7.87. The van der Waals surface area contributed by atoms with E-state index in [0.29, 0.717) is 5.91 Å². The van der Waals surface area contributed by atoms with E-state index in [1.165, 1.54) is 16.7 Å². The number of carbonyl (C=O) groups excluding carboxylic acids is 1. The van der Waals surface area contributed by atoms with E-state index in [4.69, 9.17) is 0 Å². The molecule has 4 rings (SSSR count). The largest absolute Gasteiger partial charge is 0.340 e. The van der Waals surface area contributed by atoms with Gasteiger partial charge in [-0.05, 0) is 62.3 Å². The van der Waals surface area contributed by atoms with Crippen LogP contribution in [0.1, 0.15) is 48.4 Å². The van der Waals surface area contributed by atoms with Gasteiger partial charge in [-0.2, -0.15) is 0 Å². The van der Waals surface area contributed by atoms with Crippen molar-refractivity contribution in [2.24, 2.45) is 5.92 Å². The fourth-order valence-corrected chi connectivity index (χ4v) is 4.40. The molecule has 142 valence electrons. The van der Waals surface area contributed by atoms with Gasteiger partial charge in [0.25, 0.3) is 0 Å². The predicted octanol–water partition coefficient (Wildman–Crippen LogP) is 3.67. The third-order valence-corrected chi connectivity index (χ3v) is 6.06. The summed E-state index contributed by atoms with van der Waals surface area (Å²) in [6.45, 7) is 6.81. The molecule has 5 nitrogen and oxygen atoms in total. The van der Waals surface area contributed by atoms with Gasteiger partial charge in [-0.25, -0.2) is 9.97 Å². The second-order valence-corrected chi connectivity index (χ2v) is 7.87. The number of carbonyl (C=O) groups is 1. The minimum atomic E-state index is 0.0368. The number of rotatable bonds is 3. The Morgan fingerprint density at radius 3 is 2.59 bits per heavy atom. The van der Waals surface area contributed by atoms with Gasteiger partial charge in [0.1, 0.15) is 0 Å². The number of aryl methyl sites for hydroxylation is 2. The van der Waals surface area contributed by atoms with Crippen molar-refractivity contribution < 1.29 is 4.79 Å². The molecular weight excluding hydrogens is 336 g/mol. The smallest absolute Gasteiger partial charge is 0.227 e. The highest BCUT2D eigenvalue weighted by atomic mass is 16.2. The number of piperidine rings is 1. The number of nitrogens with zero attached hydrogens (tertiary/aromatic N) is 4. The first-order valence-electron chi connectivity index (χ1n) is 10.0. The van der Waals surface area contributed by atoms with Crippen LogP contribution in [0.5, 0.6) is 0 Å². The van der Waals surface area contributed by atoms with Gasteiger partial charge in [-0.3, -0.25) is 4.79 Å². The van der Waals surface area contributed by atoms with Gasteiger partial charge in [0.15, 0.2) is 0 Å². The molecule has 0 radical (unpaired) electrons. The lowest BCUT2D eigenvalue weighted by Gasteiger charge is -2.35. The molecular formula is C22H28N4O. The van der Waals surface area contributed by atoms with Crippen molar-refractivity contribution >= 4 is 11.9 Å². The Labute approximate surface area is 161 Å². The van der Waals surface area contributed by atoms with Crippen molar-refractivity contribution in [3.8, 4) is 0 Å². The first-order valence-corrected chi connectivity index (χ1v) is 10.0. The second kappa shape index (κ2) is 7.67. The van der Waals surface area contributed by atoms with Gasteiger partial charge >= 0.3 is 0 Å². The molecule has 2 aromatic rings. The van der Waals surface area contributed by atoms with Crippen LogP contribution in [0.2, 0.25) is 0 Å². The summed E-state index contributed by atoms with van der Waals surface area (Å²) in [5.74, 6) is 1.08. The SMILES string of the molecule is Cc1ccc(C2CCCN2C(=O)C2CCCN(c3ncccn3)C2)cc1C. The zero-order valence-corrected chi connectivity index (χ0v) is 16.3. The quantitative estimate of drug-likeness (QED) is 0.834. The van der Waals surface area contributed by atoms with Crippen molar-refractivity contribution in [2.45, 2.75) is 45.6 Å². The normalized spacial score (nSPS) is 22.9. The van der Waals surface area contributed by atoms with Gasteiger partial charge in [-0.15, -0.1) is 0 Å². The van der Waals surface area contributed by atoms with Gasteiger partial charge in [0.2, 0.25) is 11.9 Å². The van der Waals surface area contributed by atoms with Crippen LogP contribution in [0.25, 0.3) is 0 Å². The molecule has 3 heterocycles. The fourth-order valence-electron chi connectivity index (χ4n) is 4.40. The van der Waals surface area contributed by atoms with Crippen LogP contribution >= 0.6 is 0 Å². The lowest BCUT2D eigenvalue weighted by Crippen LogP contribution is -2.45. The third kappa shape index (κ3) is 3.68. The number of likely N-dealkylation sites (tertiary alicyclic amines) is 1. The molecule has 27 heavy (non-hydrogen) atoms. The number of hydrogen-bond donors (Lipinski definition) is 0. The molecule has 1 aromatic carbocycles. The maximum Gasteiger partial charge on any atom is 0.227 e. The van der Waals surface area contributed by atoms with E-state index in [1.54, 1.807) is 12.4 Å². The standard InChI is InChI=1S/C22H28N4O/c1-16-8-9-18(14-17(16)2)20-7-4-13-26(20)21(27)19-6-3-12-25(15-19)22-23-10-5-11-24-22/h5,8-11,14,19-20H,3-4,6-7,12-13,15H2,1-2H3. The maximum atomic E-state index is 13.4. The minimum absolute atomic E-state index is 0.0368. The number of benzene rings is 1. The Bertz CT molecular complexity index is 807. The fraction of sp³-hybridized carbons (Fsp3) is 0.500. The van der Waals surface area contributed by atoms with Gasteiger partial charge in [0.05, 0.1) is 12.0 Å². The Balaban J connectivity index is 1.50. The van der Waals surface area contributed by atoms with Crippen LogP contribution in [0.3, 0.4) is 0 Å². The summed E-state index contributed by atoms with van der Waals surface area (Å²) < 4.78 is 0. The molecule has 1 amide bonds. The van der Waals surface area contributed by atoms with Crippen LogP contribution in [-0.4, -0.2) is 40.4 Å². The van der Waals surface area contributed by atoms with Crippen molar-refractivity contribution in [3.63, 3.8) is 0 Å². The Hall–Kier alpha value is -2.43. The lowest BCUT2D eigenvalue weighted by molar-refractivity contribution is -0.136. The van der Waals surface area contributed by atoms with Crippen molar-refractivity contribution in [1.82, 2.24) is 14.9 Å². The van der Waals surface area contributed by atoms with Crippen molar-refractivity contribution in [2.75, 3.05) is 24.5 Å². The van der Waals surface area contributed by atoms with Crippen LogP contribution in [-0.2, 0) is 4.79 Å². The van der Waals surface area contributed by atoms with E-state index in [0.717, 1.165) is 51.3 Å². The highest BCUT2D eigenvalue weighted by Crippen LogP contribution is 2.35. The average molecular weight is 364 g/mol. The lowest BCUT2D eigenvalue weighted by atomic mass is 9.95. The Morgan fingerprint density at radius 1 is 1.04 bits per heavy atom. The minimum Gasteiger partial charge on any atom is -0.340 e. The summed E-state index contributed by atoms with van der Waals surface area (Å²) in [4.78, 5) is 26.4. The molecule has 2 atom stereocenters. The molecule has 0 N–H and O–H groups in total. The molecule has 2 aliphatic heterocycles. The highest BCUT2D eigenvalue weighted by molar-refractivity contribution is 5.80. The summed E-state index contributed by atoms with van der Waals surface area (Å²) in [7, 11) is 0. The monoisotopic (exact) mass is 364 g/mol. The van der Waals surface area contributed by atoms with Crippen LogP contribution in [0.4, 0.5) is 5.95 Å². The molecule has 2 unspecified atom stereocenters. The van der Waals surface area contributed by atoms with Crippen molar-refractivity contribution in [1.29, 1.82) is 0 Å². The summed E-state index contributed by atoms with van der Waals surface area (Å²) in [5, 5.41) is 0. The zero-order chi connectivity index (χ0) is 18.8. The topological polar surface area (TPSA) is 49.3 Å². The zero-order valence-electron chi connectivity index (χ0n) is 16.3. The average Bonchev–Trinajstić information content (AvgIpc) is 3.20. The van der Waals surface area contributed by atoms with Crippen LogP contribution in [0, 0.1) is 19.8 Å². The summed E-state index contributed by atoms with van der Waals surface area (Å²) in [6.07, 6.45) is 7.65. The third-order valence-electron chi connectivity index (χ3n) is 6.06. The molecule has 1 aromatic heterocycles. The Morgan fingerprint density at radius 2 is 1.81 bits per heavy atom. The van der Waals surface area contributed by atoms with Crippen LogP contribution in [0.15, 0.2) is 36.7 Å². The molecule has 0 bridgehead atoms. The van der Waals surface area contributed by atoms with E-state index >= 15 is 0 Å². The number of anilines is 1. The molecule has 2 saturated heterocycles. The molecule has 2 aliphatic rings. The maximum absolute atomic E-state index is 13.4. The summed E-state index contributed by atoms with van der Waals surface area (Å²) >= 11 is 0. The van der Waals surface area contributed by atoms with E-state index in [2.05, 4.69) is 51.8 Å². The number of hydrogen-bond acceptors (Lipinski definition) is 4.